The molecule has 15 aromatic carbocycles. The van der Waals surface area contributed by atoms with Crippen LogP contribution in [0.1, 0.15) is 132 Å². The summed E-state index contributed by atoms with van der Waals surface area (Å²) in [7, 11) is 0. The van der Waals surface area contributed by atoms with Crippen LogP contribution in [-0.4, -0.2) is 15.8 Å². The summed E-state index contributed by atoms with van der Waals surface area (Å²) in [5.74, 6) is 0. The molecule has 0 saturated heterocycles. The van der Waals surface area contributed by atoms with Gasteiger partial charge in [0, 0.05) is 72.2 Å². The summed E-state index contributed by atoms with van der Waals surface area (Å²) < 4.78 is 5.03. The minimum absolute atomic E-state index is 0.132. The first-order valence-electron chi connectivity index (χ1n) is 41.2. The molecule has 17 aromatic rings. The Hall–Kier alpha value is -12.4. The summed E-state index contributed by atoms with van der Waals surface area (Å²) in [4.78, 5) is 5.50. The molecule has 115 heavy (non-hydrogen) atoms. The van der Waals surface area contributed by atoms with E-state index in [1.807, 2.05) is 0 Å². The van der Waals surface area contributed by atoms with Crippen molar-refractivity contribution in [1.82, 2.24) is 9.13 Å². The summed E-state index contributed by atoms with van der Waals surface area (Å²) in [6, 6.07) is 126. The van der Waals surface area contributed by atoms with Crippen LogP contribution in [0.5, 0.6) is 0 Å². The molecule has 0 spiro atoms. The van der Waals surface area contributed by atoms with Crippen molar-refractivity contribution in [1.29, 1.82) is 0 Å². The van der Waals surface area contributed by atoms with E-state index in [0.717, 1.165) is 107 Å². The fourth-order valence-electron chi connectivity index (χ4n) is 18.8. The first-order valence-corrected chi connectivity index (χ1v) is 41.2. The monoisotopic (exact) mass is 1490 g/mol. The lowest BCUT2D eigenvalue weighted by molar-refractivity contribution is 0.590. The number of anilines is 6. The smallest absolute Gasteiger partial charge is 0.252 e. The van der Waals surface area contributed by atoms with Gasteiger partial charge in [0.2, 0.25) is 0 Å². The molecule has 562 valence electrons. The molecule has 0 unspecified atom stereocenters. The van der Waals surface area contributed by atoms with Gasteiger partial charge in [-0.3, -0.25) is 0 Å². The lowest BCUT2D eigenvalue weighted by Crippen LogP contribution is -2.61. The van der Waals surface area contributed by atoms with Gasteiger partial charge in [-0.15, -0.1) is 0 Å². The van der Waals surface area contributed by atoms with Crippen LogP contribution >= 0.6 is 0 Å². The maximum atomic E-state index is 2.75. The van der Waals surface area contributed by atoms with Crippen LogP contribution in [0.25, 0.3) is 122 Å². The maximum absolute atomic E-state index is 2.75. The highest BCUT2D eigenvalue weighted by Crippen LogP contribution is 2.56. The van der Waals surface area contributed by atoms with E-state index in [1.54, 1.807) is 0 Å². The number of rotatable bonds is 10. The van der Waals surface area contributed by atoms with Crippen molar-refractivity contribution in [2.24, 2.45) is 0 Å². The Morgan fingerprint density at radius 1 is 0.226 bits per heavy atom. The molecule has 2 aliphatic rings. The molecule has 0 atom stereocenters. The summed E-state index contributed by atoms with van der Waals surface area (Å²) in [6.45, 7) is 34.9. The number of aromatic nitrogens is 2. The minimum atomic E-state index is -0.339. The SMILES string of the molecule is CC(C)(C)c1cccc(-c2cccc(-c3cccc(C(C)(C)C)c3)c2N2c3ccc(-c4ccccc4C(C)(C)C)cc3B3c4cc(-c5cccc6c5c5ccccc5n6-c5ccccc5)ccc4N(c4c(-c5cccc(C(C)(C)C)c5)cccc4-c4cccc(C(C)(C)C)c4)c4cc(-n5c6ccccc6c6ccccc65)cc2c43)c1. The predicted octanol–water partition coefficient (Wildman–Crippen LogP) is 28.5. The molecule has 4 nitrogen and oxygen atoms in total. The highest BCUT2D eigenvalue weighted by Gasteiger charge is 2.47. The topological polar surface area (TPSA) is 16.3 Å². The van der Waals surface area contributed by atoms with Gasteiger partial charge in [-0.05, 0) is 176 Å². The van der Waals surface area contributed by atoms with Gasteiger partial charge >= 0.3 is 0 Å². The normalized spacial score (nSPS) is 13.1. The first-order chi connectivity index (χ1) is 55.2. The zero-order valence-electron chi connectivity index (χ0n) is 69.0. The molecule has 0 radical (unpaired) electrons. The van der Waals surface area contributed by atoms with Crippen molar-refractivity contribution in [3.05, 3.63) is 355 Å². The Morgan fingerprint density at radius 2 is 0.557 bits per heavy atom. The number of nitrogens with zero attached hydrogens (tertiary/aromatic N) is 4. The second-order valence-electron chi connectivity index (χ2n) is 37.3. The summed E-state index contributed by atoms with van der Waals surface area (Å²) in [5.41, 5.74) is 36.9. The minimum Gasteiger partial charge on any atom is -0.310 e. The maximum Gasteiger partial charge on any atom is 0.252 e. The third-order valence-electron chi connectivity index (χ3n) is 24.6. The molecular formula is C110H99BN4. The van der Waals surface area contributed by atoms with Gasteiger partial charge in [0.25, 0.3) is 6.71 Å². The lowest BCUT2D eigenvalue weighted by Gasteiger charge is -2.46. The van der Waals surface area contributed by atoms with E-state index in [2.05, 4.69) is 450 Å². The van der Waals surface area contributed by atoms with Gasteiger partial charge < -0.3 is 18.9 Å². The van der Waals surface area contributed by atoms with E-state index >= 15 is 0 Å². The second kappa shape index (κ2) is 27.1. The molecule has 0 bridgehead atoms. The number of para-hydroxylation sites is 6. The summed E-state index contributed by atoms with van der Waals surface area (Å²) in [6.07, 6.45) is 0. The van der Waals surface area contributed by atoms with Gasteiger partial charge in [-0.1, -0.05) is 371 Å². The first kappa shape index (κ1) is 72.8. The van der Waals surface area contributed by atoms with Crippen LogP contribution in [0.15, 0.2) is 328 Å². The molecule has 0 aliphatic carbocycles. The van der Waals surface area contributed by atoms with E-state index in [1.165, 1.54) is 93.5 Å². The summed E-state index contributed by atoms with van der Waals surface area (Å²) >= 11 is 0. The van der Waals surface area contributed by atoms with Crippen molar-refractivity contribution < 1.29 is 0 Å². The van der Waals surface area contributed by atoms with E-state index in [-0.39, 0.29) is 33.8 Å². The Balaban J connectivity index is 1.03. The van der Waals surface area contributed by atoms with Crippen molar-refractivity contribution in [3.63, 3.8) is 0 Å². The Bertz CT molecular complexity index is 6540. The Labute approximate surface area is 679 Å². The van der Waals surface area contributed by atoms with Gasteiger partial charge in [0.15, 0.2) is 0 Å². The Kier molecular flexibility index (Phi) is 17.2. The molecule has 2 aliphatic heterocycles. The molecule has 0 amide bonds. The fraction of sp³-hybridized carbons (Fsp3) is 0.182. The number of fused-ring (bicyclic) bond motifs is 10. The van der Waals surface area contributed by atoms with Crippen LogP contribution in [0.2, 0.25) is 0 Å². The third kappa shape index (κ3) is 12.3. The molecule has 4 heterocycles. The standard InChI is InChI=1S/C110H99BN4/c1-106(2,3)76-38-27-34-70(62-76)84-49-31-50-85(71-35-28-39-77(63-71)107(4,5)6)104(84)114-97-60-58-74(82-44-19-23-53-91(82)110(13,14)15)66-92(97)111-93-67-75(83-48-33-57-99-102(83)90-47-22-26-56-96(90)112(99)80-42-17-16-18-43-80)59-61-98(93)115(101-69-81(68-100(114)103(101)111)113-94-54-24-20-45-88(94)89-46-21-25-55-95(89)113)105-86(72-36-29-40-78(64-72)108(7,8)9)51-32-52-87(105)73-37-30-41-79(65-73)109(10,11)12/h16-69H,1-15H3. The highest BCUT2D eigenvalue weighted by molar-refractivity contribution is 7.00. The van der Waals surface area contributed by atoms with E-state index < -0.39 is 0 Å². The molecule has 0 fully saturated rings. The molecule has 5 heteroatoms. The molecular weight excluding hydrogens is 1390 g/mol. The highest BCUT2D eigenvalue weighted by atomic mass is 15.2. The average Bonchev–Trinajstić information content (AvgIpc) is 0.905. The van der Waals surface area contributed by atoms with Crippen molar-refractivity contribution >= 4 is 101 Å². The summed E-state index contributed by atoms with van der Waals surface area (Å²) in [5, 5.41) is 4.85. The van der Waals surface area contributed by atoms with Crippen molar-refractivity contribution in [2.45, 2.75) is 131 Å². The van der Waals surface area contributed by atoms with Crippen LogP contribution in [0, 0.1) is 0 Å². The number of benzene rings is 15. The van der Waals surface area contributed by atoms with Crippen LogP contribution in [0.4, 0.5) is 34.1 Å². The second-order valence-corrected chi connectivity index (χ2v) is 37.3. The largest absolute Gasteiger partial charge is 0.310 e. The zero-order chi connectivity index (χ0) is 79.4. The van der Waals surface area contributed by atoms with Gasteiger partial charge in [0.05, 0.1) is 39.1 Å². The van der Waals surface area contributed by atoms with E-state index in [0.29, 0.717) is 0 Å². The van der Waals surface area contributed by atoms with Gasteiger partial charge in [-0.25, -0.2) is 0 Å². The molecule has 2 aromatic heterocycles. The van der Waals surface area contributed by atoms with Gasteiger partial charge in [-0.2, -0.15) is 0 Å². The van der Waals surface area contributed by atoms with Crippen molar-refractivity contribution in [2.75, 3.05) is 9.80 Å². The zero-order valence-corrected chi connectivity index (χ0v) is 69.0. The fourth-order valence-corrected chi connectivity index (χ4v) is 18.8. The van der Waals surface area contributed by atoms with E-state index in [4.69, 9.17) is 0 Å². The number of hydrogen-bond acceptors (Lipinski definition) is 2. The molecule has 0 saturated carbocycles. The predicted molar refractivity (Wildman–Crippen MR) is 495 cm³/mol. The van der Waals surface area contributed by atoms with Crippen LogP contribution in [0.3, 0.4) is 0 Å². The van der Waals surface area contributed by atoms with Crippen molar-refractivity contribution in [3.8, 4) is 78.1 Å². The average molecular weight is 1490 g/mol. The molecule has 19 rings (SSSR count). The van der Waals surface area contributed by atoms with Crippen LogP contribution < -0.4 is 26.2 Å². The third-order valence-corrected chi connectivity index (χ3v) is 24.6. The van der Waals surface area contributed by atoms with Gasteiger partial charge in [0.1, 0.15) is 0 Å². The van der Waals surface area contributed by atoms with Crippen LogP contribution in [-0.2, 0) is 27.1 Å². The van der Waals surface area contributed by atoms with E-state index in [9.17, 15) is 0 Å². The molecule has 0 N–H and O–H groups in total. The Morgan fingerprint density at radius 3 is 0.991 bits per heavy atom. The lowest BCUT2D eigenvalue weighted by atomic mass is 9.33. The quantitative estimate of drug-likeness (QED) is 0.127. The number of hydrogen-bond donors (Lipinski definition) is 0.